The maximum atomic E-state index is 5.74. The van der Waals surface area contributed by atoms with Crippen LogP contribution >= 0.6 is 0 Å². The van der Waals surface area contributed by atoms with Crippen molar-refractivity contribution < 1.29 is 4.42 Å². The van der Waals surface area contributed by atoms with Crippen LogP contribution in [0.1, 0.15) is 19.6 Å². The summed E-state index contributed by atoms with van der Waals surface area (Å²) >= 11 is 0. The largest absolute Gasteiger partial charge is 0.469 e. The second kappa shape index (κ2) is 5.57. The molecule has 0 bridgehead atoms. The van der Waals surface area contributed by atoms with E-state index in [0.29, 0.717) is 11.9 Å². The van der Waals surface area contributed by atoms with Gasteiger partial charge in [0.1, 0.15) is 5.76 Å². The number of nitrogens with zero attached hydrogens (tertiary/aromatic N) is 2. The van der Waals surface area contributed by atoms with E-state index in [9.17, 15) is 0 Å². The molecule has 98 valence electrons. The fraction of sp³-hybridized carbons (Fsp3) is 0.500. The number of hydrogen-bond donors (Lipinski definition) is 3. The number of furan rings is 1. The molecule has 1 aromatic rings. The van der Waals surface area contributed by atoms with Gasteiger partial charge in [0.25, 0.3) is 0 Å². The van der Waals surface area contributed by atoms with E-state index in [0.717, 1.165) is 18.7 Å². The second-order valence-electron chi connectivity index (χ2n) is 4.35. The molecule has 0 saturated heterocycles. The molecular weight excluding hydrogens is 230 g/mol. The van der Waals surface area contributed by atoms with Gasteiger partial charge in [-0.3, -0.25) is 5.32 Å². The highest BCUT2D eigenvalue weighted by molar-refractivity contribution is 5.98. The Labute approximate surface area is 106 Å². The SMILES string of the molecule is CC1N=C(N)NC(NCCc2ccco2)=NC1C. The van der Waals surface area contributed by atoms with Gasteiger partial charge in [-0.05, 0) is 26.0 Å². The van der Waals surface area contributed by atoms with Gasteiger partial charge < -0.3 is 15.5 Å². The predicted octanol–water partition coefficient (Wildman–Crippen LogP) is 0.463. The summed E-state index contributed by atoms with van der Waals surface area (Å²) < 4.78 is 5.26. The van der Waals surface area contributed by atoms with Gasteiger partial charge >= 0.3 is 0 Å². The van der Waals surface area contributed by atoms with Crippen LogP contribution in [-0.2, 0) is 6.42 Å². The Hall–Kier alpha value is -1.98. The smallest absolute Gasteiger partial charge is 0.198 e. The van der Waals surface area contributed by atoms with Gasteiger partial charge in [0.05, 0.1) is 18.3 Å². The number of nitrogens with two attached hydrogens (primary N) is 1. The average Bonchev–Trinajstić information content (AvgIpc) is 2.77. The number of hydrogen-bond acceptors (Lipinski definition) is 6. The molecule has 1 aliphatic rings. The highest BCUT2D eigenvalue weighted by atomic mass is 16.3. The number of guanidine groups is 2. The highest BCUT2D eigenvalue weighted by Crippen LogP contribution is 2.04. The monoisotopic (exact) mass is 249 g/mol. The molecular formula is C12H19N5O. The normalized spacial score (nSPS) is 23.7. The number of rotatable bonds is 3. The Kier molecular flexibility index (Phi) is 3.86. The van der Waals surface area contributed by atoms with Crippen LogP contribution < -0.4 is 16.4 Å². The summed E-state index contributed by atoms with van der Waals surface area (Å²) in [5, 5.41) is 6.16. The van der Waals surface area contributed by atoms with E-state index in [-0.39, 0.29) is 12.1 Å². The van der Waals surface area contributed by atoms with Crippen LogP contribution in [0.3, 0.4) is 0 Å². The summed E-state index contributed by atoms with van der Waals surface area (Å²) in [5.41, 5.74) is 5.74. The average molecular weight is 249 g/mol. The van der Waals surface area contributed by atoms with E-state index in [4.69, 9.17) is 10.2 Å². The maximum Gasteiger partial charge on any atom is 0.198 e. The van der Waals surface area contributed by atoms with Gasteiger partial charge in [-0.25, -0.2) is 9.98 Å². The molecule has 2 heterocycles. The summed E-state index contributed by atoms with van der Waals surface area (Å²) in [4.78, 5) is 8.77. The first-order chi connectivity index (χ1) is 8.65. The molecule has 4 N–H and O–H groups in total. The van der Waals surface area contributed by atoms with Crippen LogP contribution in [0.4, 0.5) is 0 Å². The fourth-order valence-electron chi connectivity index (χ4n) is 1.67. The summed E-state index contributed by atoms with van der Waals surface area (Å²) in [5.74, 6) is 2.01. The fourth-order valence-corrected chi connectivity index (χ4v) is 1.67. The Morgan fingerprint density at radius 3 is 2.89 bits per heavy atom. The van der Waals surface area contributed by atoms with Crippen LogP contribution in [0.5, 0.6) is 0 Å². The molecule has 6 heteroatoms. The van der Waals surface area contributed by atoms with Crippen LogP contribution in [0, 0.1) is 0 Å². The van der Waals surface area contributed by atoms with E-state index in [1.165, 1.54) is 0 Å². The van der Waals surface area contributed by atoms with Gasteiger partial charge in [0.15, 0.2) is 11.9 Å². The van der Waals surface area contributed by atoms with Crippen molar-refractivity contribution in [1.82, 2.24) is 10.6 Å². The summed E-state index contributed by atoms with van der Waals surface area (Å²) in [6.45, 7) is 4.74. The molecule has 2 atom stereocenters. The molecule has 18 heavy (non-hydrogen) atoms. The first-order valence-corrected chi connectivity index (χ1v) is 6.09. The Balaban J connectivity index is 1.88. The highest BCUT2D eigenvalue weighted by Gasteiger charge is 2.16. The van der Waals surface area contributed by atoms with E-state index in [2.05, 4.69) is 20.6 Å². The van der Waals surface area contributed by atoms with Crippen molar-refractivity contribution in [3.05, 3.63) is 24.2 Å². The summed E-state index contributed by atoms with van der Waals surface area (Å²) in [7, 11) is 0. The third-order valence-electron chi connectivity index (χ3n) is 2.86. The van der Waals surface area contributed by atoms with E-state index in [1.54, 1.807) is 6.26 Å². The molecule has 2 unspecified atom stereocenters. The molecule has 0 saturated carbocycles. The minimum Gasteiger partial charge on any atom is -0.469 e. The first-order valence-electron chi connectivity index (χ1n) is 6.09. The van der Waals surface area contributed by atoms with Crippen molar-refractivity contribution in [1.29, 1.82) is 0 Å². The van der Waals surface area contributed by atoms with Gasteiger partial charge in [-0.1, -0.05) is 0 Å². The van der Waals surface area contributed by atoms with Crippen LogP contribution in [0.25, 0.3) is 0 Å². The molecule has 2 rings (SSSR count). The van der Waals surface area contributed by atoms with Crippen LogP contribution in [-0.4, -0.2) is 30.5 Å². The third kappa shape index (κ3) is 3.26. The Bertz CT molecular complexity index is 437. The summed E-state index contributed by atoms with van der Waals surface area (Å²) in [6.07, 6.45) is 2.47. The van der Waals surface area contributed by atoms with Crippen molar-refractivity contribution in [3.8, 4) is 0 Å². The van der Waals surface area contributed by atoms with E-state index < -0.39 is 0 Å². The zero-order chi connectivity index (χ0) is 13.0. The lowest BCUT2D eigenvalue weighted by Gasteiger charge is -2.11. The van der Waals surface area contributed by atoms with Crippen molar-refractivity contribution in [2.24, 2.45) is 15.7 Å². The maximum absolute atomic E-state index is 5.74. The number of nitrogens with one attached hydrogen (secondary N) is 2. The minimum atomic E-state index is 0.0851. The molecule has 0 spiro atoms. The molecule has 1 aromatic heterocycles. The zero-order valence-electron chi connectivity index (χ0n) is 10.7. The van der Waals surface area contributed by atoms with Crippen molar-refractivity contribution in [2.45, 2.75) is 32.4 Å². The molecule has 0 amide bonds. The summed E-state index contributed by atoms with van der Waals surface area (Å²) in [6, 6.07) is 4.02. The van der Waals surface area contributed by atoms with Crippen molar-refractivity contribution in [2.75, 3.05) is 6.54 Å². The first kappa shape index (κ1) is 12.5. The van der Waals surface area contributed by atoms with Crippen molar-refractivity contribution >= 4 is 11.9 Å². The van der Waals surface area contributed by atoms with Gasteiger partial charge in [-0.15, -0.1) is 0 Å². The standard InChI is InChI=1S/C12H19N5O/c1-8-9(2)16-12(17-11(13)15-8)14-6-5-10-4-3-7-18-10/h3-4,7-9H,5-6H2,1-2H3,(H4,13,14,15,16,17). The minimum absolute atomic E-state index is 0.0851. The van der Waals surface area contributed by atoms with Crippen molar-refractivity contribution in [3.63, 3.8) is 0 Å². The molecule has 6 nitrogen and oxygen atoms in total. The lowest BCUT2D eigenvalue weighted by Crippen LogP contribution is -2.44. The topological polar surface area (TPSA) is 87.9 Å². The lowest BCUT2D eigenvalue weighted by atomic mass is 10.2. The van der Waals surface area contributed by atoms with Gasteiger partial charge in [-0.2, -0.15) is 0 Å². The Morgan fingerprint density at radius 2 is 2.17 bits per heavy atom. The molecule has 0 aromatic carbocycles. The van der Waals surface area contributed by atoms with E-state index in [1.807, 2.05) is 26.0 Å². The third-order valence-corrected chi connectivity index (χ3v) is 2.86. The lowest BCUT2D eigenvalue weighted by molar-refractivity contribution is 0.507. The zero-order valence-corrected chi connectivity index (χ0v) is 10.7. The van der Waals surface area contributed by atoms with Gasteiger partial charge in [0, 0.05) is 13.0 Å². The van der Waals surface area contributed by atoms with Crippen LogP contribution in [0.2, 0.25) is 0 Å². The van der Waals surface area contributed by atoms with Crippen LogP contribution in [0.15, 0.2) is 32.8 Å². The second-order valence-corrected chi connectivity index (χ2v) is 4.35. The molecule has 1 aliphatic heterocycles. The van der Waals surface area contributed by atoms with Gasteiger partial charge in [0.2, 0.25) is 0 Å². The number of aliphatic imine (C=N–C) groups is 2. The van der Waals surface area contributed by atoms with E-state index >= 15 is 0 Å². The Morgan fingerprint density at radius 1 is 1.39 bits per heavy atom. The quantitative estimate of drug-likeness (QED) is 0.726. The molecule has 0 fully saturated rings. The predicted molar refractivity (Wildman–Crippen MR) is 71.5 cm³/mol. The molecule has 0 aliphatic carbocycles. The molecule has 0 radical (unpaired) electrons.